The highest BCUT2D eigenvalue weighted by Gasteiger charge is 2.29. The van der Waals surface area contributed by atoms with Gasteiger partial charge < -0.3 is 10.6 Å². The van der Waals surface area contributed by atoms with Crippen molar-refractivity contribution >= 4 is 27.5 Å². The van der Waals surface area contributed by atoms with Gasteiger partial charge in [-0.15, -0.1) is 11.3 Å². The molecule has 0 bridgehead atoms. The van der Waals surface area contributed by atoms with Crippen molar-refractivity contribution in [1.82, 2.24) is 14.5 Å². The second-order valence-electron chi connectivity index (χ2n) is 8.05. The zero-order chi connectivity index (χ0) is 24.1. The largest absolute Gasteiger partial charge is 0.330 e. The molecule has 4 rings (SSSR count). The minimum atomic E-state index is -0.454. The van der Waals surface area contributed by atoms with Gasteiger partial charge in [-0.1, -0.05) is 37.3 Å². The Morgan fingerprint density at radius 2 is 1.88 bits per heavy atom. The van der Waals surface area contributed by atoms with Gasteiger partial charge in [0.25, 0.3) is 11.5 Å². The number of halogens is 1. The molecular weight excluding hydrogens is 451 g/mol. The first-order valence-corrected chi connectivity index (χ1v) is 12.2. The van der Waals surface area contributed by atoms with E-state index in [0.717, 1.165) is 5.56 Å². The van der Waals surface area contributed by atoms with Gasteiger partial charge in [0.15, 0.2) is 0 Å². The molecule has 6 nitrogen and oxygen atoms in total. The minimum absolute atomic E-state index is 0.120. The summed E-state index contributed by atoms with van der Waals surface area (Å²) in [6, 6.07) is 16.6. The Labute approximate surface area is 201 Å². The summed E-state index contributed by atoms with van der Waals surface area (Å²) in [5.41, 5.74) is 7.63. The van der Waals surface area contributed by atoms with E-state index in [1.54, 1.807) is 9.47 Å². The van der Waals surface area contributed by atoms with E-state index in [0.29, 0.717) is 54.1 Å². The van der Waals surface area contributed by atoms with E-state index in [9.17, 15) is 14.0 Å². The summed E-state index contributed by atoms with van der Waals surface area (Å²) in [6.07, 6.45) is 1.14. The molecule has 0 aliphatic heterocycles. The van der Waals surface area contributed by atoms with Crippen molar-refractivity contribution in [1.29, 1.82) is 0 Å². The van der Waals surface area contributed by atoms with Crippen molar-refractivity contribution in [3.63, 3.8) is 0 Å². The smallest absolute Gasteiger partial charge is 0.271 e. The molecule has 0 radical (unpaired) electrons. The molecule has 0 saturated heterocycles. The first-order valence-electron chi connectivity index (χ1n) is 11.3. The highest BCUT2D eigenvalue weighted by molar-refractivity contribution is 7.17. The number of amides is 1. The fraction of sp³-hybridized carbons (Fsp3) is 0.269. The Morgan fingerprint density at radius 1 is 1.15 bits per heavy atom. The molecule has 2 aromatic heterocycles. The van der Waals surface area contributed by atoms with Gasteiger partial charge in [0.2, 0.25) is 0 Å². The highest BCUT2D eigenvalue weighted by atomic mass is 32.1. The van der Waals surface area contributed by atoms with Crippen molar-refractivity contribution in [2.45, 2.75) is 32.4 Å². The van der Waals surface area contributed by atoms with Crippen LogP contribution in [0.25, 0.3) is 10.2 Å². The SMILES string of the molecule is CCC(c1nc2ccsc2c(=O)n1Cc1ccccc1)N(CCCN)C(=O)c1ccc(F)cc1. The molecule has 2 N–H and O–H groups in total. The second kappa shape index (κ2) is 10.7. The summed E-state index contributed by atoms with van der Waals surface area (Å²) in [5.74, 6) is -0.112. The summed E-state index contributed by atoms with van der Waals surface area (Å²) in [5, 5.41) is 1.85. The Balaban J connectivity index is 1.84. The monoisotopic (exact) mass is 478 g/mol. The Bertz CT molecular complexity index is 1320. The van der Waals surface area contributed by atoms with E-state index >= 15 is 0 Å². The topological polar surface area (TPSA) is 81.2 Å². The normalized spacial score (nSPS) is 12.1. The summed E-state index contributed by atoms with van der Waals surface area (Å²) in [6.45, 7) is 3.13. The van der Waals surface area contributed by atoms with Crippen molar-refractivity contribution in [2.75, 3.05) is 13.1 Å². The van der Waals surface area contributed by atoms with Gasteiger partial charge in [-0.3, -0.25) is 14.2 Å². The van der Waals surface area contributed by atoms with Crippen LogP contribution in [-0.4, -0.2) is 33.4 Å². The number of carbonyl (C=O) groups is 1. The van der Waals surface area contributed by atoms with Crippen LogP contribution >= 0.6 is 11.3 Å². The fourth-order valence-corrected chi connectivity index (χ4v) is 4.87. The number of nitrogens with two attached hydrogens (primary N) is 1. The zero-order valence-corrected chi connectivity index (χ0v) is 19.8. The third-order valence-electron chi connectivity index (χ3n) is 5.80. The Hall–Kier alpha value is -3.36. The molecular formula is C26H27FN4O2S. The molecule has 1 amide bonds. The number of hydrogen-bond acceptors (Lipinski definition) is 5. The van der Waals surface area contributed by atoms with Gasteiger partial charge in [-0.2, -0.15) is 0 Å². The van der Waals surface area contributed by atoms with E-state index in [2.05, 4.69) is 0 Å². The number of rotatable bonds is 9. The van der Waals surface area contributed by atoms with E-state index in [1.807, 2.05) is 48.7 Å². The lowest BCUT2D eigenvalue weighted by Crippen LogP contribution is -2.40. The van der Waals surface area contributed by atoms with Crippen molar-refractivity contribution in [3.05, 3.63) is 99.2 Å². The molecule has 1 atom stereocenters. The molecule has 2 aromatic carbocycles. The van der Waals surface area contributed by atoms with Gasteiger partial charge in [0.05, 0.1) is 18.1 Å². The highest BCUT2D eigenvalue weighted by Crippen LogP contribution is 2.27. The molecule has 0 spiro atoms. The first-order chi connectivity index (χ1) is 16.5. The third kappa shape index (κ3) is 4.93. The van der Waals surface area contributed by atoms with E-state index in [1.165, 1.54) is 35.6 Å². The molecule has 1 unspecified atom stereocenters. The number of benzene rings is 2. The number of nitrogens with zero attached hydrogens (tertiary/aromatic N) is 3. The average molecular weight is 479 g/mol. The lowest BCUT2D eigenvalue weighted by Gasteiger charge is -2.32. The third-order valence-corrected chi connectivity index (χ3v) is 6.69. The number of fused-ring (bicyclic) bond motifs is 1. The summed E-state index contributed by atoms with van der Waals surface area (Å²) in [4.78, 5) is 33.7. The molecule has 4 aromatic rings. The van der Waals surface area contributed by atoms with Crippen LogP contribution in [0.5, 0.6) is 0 Å². The summed E-state index contributed by atoms with van der Waals surface area (Å²) < 4.78 is 15.7. The number of hydrogen-bond donors (Lipinski definition) is 1. The van der Waals surface area contributed by atoms with Crippen molar-refractivity contribution in [2.24, 2.45) is 5.73 Å². The molecule has 0 aliphatic rings. The maximum absolute atomic E-state index is 13.6. The first kappa shape index (κ1) is 23.8. The second-order valence-corrected chi connectivity index (χ2v) is 8.97. The molecule has 0 aliphatic carbocycles. The lowest BCUT2D eigenvalue weighted by atomic mass is 10.1. The molecule has 34 heavy (non-hydrogen) atoms. The van der Waals surface area contributed by atoms with Crippen molar-refractivity contribution in [3.8, 4) is 0 Å². The maximum atomic E-state index is 13.6. The minimum Gasteiger partial charge on any atom is -0.330 e. The van der Waals surface area contributed by atoms with E-state index < -0.39 is 11.9 Å². The standard InChI is InChI=1S/C26H27FN4O2S/c1-2-22(30(15-6-14-28)25(32)19-9-11-20(27)12-10-19)24-29-21-13-16-34-23(21)26(33)31(24)17-18-7-4-3-5-8-18/h3-5,7-13,16,22H,2,6,14-15,17,28H2,1H3. The van der Waals surface area contributed by atoms with Crippen LogP contribution in [0.3, 0.4) is 0 Å². The van der Waals surface area contributed by atoms with Gasteiger partial charge in [-0.05, 0) is 60.7 Å². The number of aromatic nitrogens is 2. The summed E-state index contributed by atoms with van der Waals surface area (Å²) >= 11 is 1.37. The molecule has 176 valence electrons. The van der Waals surface area contributed by atoms with E-state index in [-0.39, 0.29) is 11.5 Å². The fourth-order valence-electron chi connectivity index (χ4n) is 4.10. The maximum Gasteiger partial charge on any atom is 0.271 e. The zero-order valence-electron chi connectivity index (χ0n) is 19.0. The quantitative estimate of drug-likeness (QED) is 0.382. The Morgan fingerprint density at radius 3 is 2.56 bits per heavy atom. The van der Waals surface area contributed by atoms with E-state index in [4.69, 9.17) is 10.7 Å². The molecule has 8 heteroatoms. The van der Waals surface area contributed by atoms with Gasteiger partial charge in [0, 0.05) is 12.1 Å². The van der Waals surface area contributed by atoms with Crippen molar-refractivity contribution < 1.29 is 9.18 Å². The van der Waals surface area contributed by atoms with Gasteiger partial charge >= 0.3 is 0 Å². The van der Waals surface area contributed by atoms with Gasteiger partial charge in [0.1, 0.15) is 16.3 Å². The van der Waals surface area contributed by atoms with Crippen LogP contribution in [0, 0.1) is 5.82 Å². The predicted molar refractivity (Wildman–Crippen MR) is 134 cm³/mol. The molecule has 0 fully saturated rings. The van der Waals surface area contributed by atoms with Gasteiger partial charge in [-0.25, -0.2) is 9.37 Å². The average Bonchev–Trinajstić information content (AvgIpc) is 3.33. The van der Waals surface area contributed by atoms with Crippen LogP contribution in [-0.2, 0) is 6.54 Å². The summed E-state index contributed by atoms with van der Waals surface area (Å²) in [7, 11) is 0. The van der Waals surface area contributed by atoms with Crippen LogP contribution in [0.15, 0.2) is 70.8 Å². The van der Waals surface area contributed by atoms with Crippen LogP contribution in [0.4, 0.5) is 4.39 Å². The lowest BCUT2D eigenvalue weighted by molar-refractivity contribution is 0.0655. The molecule has 2 heterocycles. The molecule has 0 saturated carbocycles. The Kier molecular flexibility index (Phi) is 7.49. The van der Waals surface area contributed by atoms with Crippen LogP contribution < -0.4 is 11.3 Å². The number of thiophene rings is 1. The van der Waals surface area contributed by atoms with Crippen LogP contribution in [0.1, 0.15) is 47.6 Å². The predicted octanol–water partition coefficient (Wildman–Crippen LogP) is 4.59. The number of carbonyl (C=O) groups excluding carboxylic acids is 1. The van der Waals surface area contributed by atoms with Crippen LogP contribution in [0.2, 0.25) is 0 Å².